The van der Waals surface area contributed by atoms with Gasteiger partial charge in [0.15, 0.2) is 23.1 Å². The molecule has 0 radical (unpaired) electrons. The molecule has 36 heavy (non-hydrogen) atoms. The Bertz CT molecular complexity index is 1310. The molecule has 0 aromatic heterocycles. The maximum absolute atomic E-state index is 13.4. The molecule has 7 heteroatoms. The lowest BCUT2D eigenvalue weighted by atomic mass is 9.60. The Balaban J connectivity index is 1.59. The molecule has 1 aromatic carbocycles. The summed E-state index contributed by atoms with van der Waals surface area (Å²) in [5, 5.41) is 9.93. The van der Waals surface area contributed by atoms with E-state index in [1.54, 1.807) is 19.1 Å². The van der Waals surface area contributed by atoms with Gasteiger partial charge in [-0.25, -0.2) is 0 Å². The van der Waals surface area contributed by atoms with Gasteiger partial charge in [-0.3, -0.25) is 24.1 Å². The zero-order valence-electron chi connectivity index (χ0n) is 20.6. The zero-order chi connectivity index (χ0) is 25.7. The molecule has 1 aromatic rings. The van der Waals surface area contributed by atoms with Crippen LogP contribution in [0.4, 0.5) is 0 Å². The zero-order valence-corrected chi connectivity index (χ0v) is 20.6. The molecular weight excluding hydrogens is 458 g/mol. The molecule has 5 rings (SSSR count). The van der Waals surface area contributed by atoms with Crippen molar-refractivity contribution < 1.29 is 29.0 Å². The normalized spacial score (nSPS) is 27.7. The van der Waals surface area contributed by atoms with Crippen LogP contribution < -0.4 is 4.74 Å². The summed E-state index contributed by atoms with van der Waals surface area (Å²) in [6.07, 6.45) is 8.53. The van der Waals surface area contributed by atoms with Crippen molar-refractivity contribution in [3.63, 3.8) is 0 Å². The smallest absolute Gasteiger partial charge is 0.233 e. The van der Waals surface area contributed by atoms with Gasteiger partial charge in [0.25, 0.3) is 0 Å². The van der Waals surface area contributed by atoms with Gasteiger partial charge < -0.3 is 9.84 Å². The number of imide groups is 1. The second kappa shape index (κ2) is 9.04. The average Bonchev–Trinajstić information content (AvgIpc) is 3.11. The molecular formula is C29H29NO6. The Morgan fingerprint density at radius 3 is 2.64 bits per heavy atom. The number of allylic oxidation sites excluding steroid dienone is 7. The van der Waals surface area contributed by atoms with E-state index in [1.807, 2.05) is 25.2 Å². The first kappa shape index (κ1) is 24.0. The van der Waals surface area contributed by atoms with Crippen molar-refractivity contribution >= 4 is 29.5 Å². The third-order valence-corrected chi connectivity index (χ3v) is 7.84. The van der Waals surface area contributed by atoms with E-state index in [9.17, 15) is 24.3 Å². The molecule has 186 valence electrons. The number of likely N-dealkylation sites (tertiary alicyclic amines) is 1. The molecule has 0 unspecified atom stereocenters. The summed E-state index contributed by atoms with van der Waals surface area (Å²) in [5.41, 5.74) is 2.99. The first-order chi connectivity index (χ1) is 17.3. The summed E-state index contributed by atoms with van der Waals surface area (Å²) in [4.78, 5) is 54.2. The maximum atomic E-state index is 13.4. The highest BCUT2D eigenvalue weighted by Crippen LogP contribution is 2.52. The van der Waals surface area contributed by atoms with E-state index in [0.29, 0.717) is 41.9 Å². The number of rotatable bonds is 5. The van der Waals surface area contributed by atoms with Crippen LogP contribution in [0, 0.1) is 23.7 Å². The number of fused-ring (bicyclic) bond motifs is 3. The van der Waals surface area contributed by atoms with E-state index >= 15 is 0 Å². The van der Waals surface area contributed by atoms with Crippen LogP contribution in [0.5, 0.6) is 11.5 Å². The van der Waals surface area contributed by atoms with Gasteiger partial charge in [0.2, 0.25) is 11.8 Å². The Hall–Kier alpha value is -3.74. The quantitative estimate of drug-likeness (QED) is 0.385. The summed E-state index contributed by atoms with van der Waals surface area (Å²) >= 11 is 0. The van der Waals surface area contributed by atoms with Crippen molar-refractivity contribution in [3.8, 4) is 11.5 Å². The molecule has 1 aliphatic heterocycles. The lowest BCUT2D eigenvalue weighted by Gasteiger charge is -2.41. The molecule has 1 heterocycles. The van der Waals surface area contributed by atoms with E-state index in [1.165, 1.54) is 24.2 Å². The second-order valence-corrected chi connectivity index (χ2v) is 9.89. The van der Waals surface area contributed by atoms with Gasteiger partial charge in [-0.05, 0) is 55.9 Å². The number of nitrogens with zero attached hydrogens (tertiary/aromatic N) is 1. The van der Waals surface area contributed by atoms with E-state index in [4.69, 9.17) is 4.74 Å². The molecule has 3 aliphatic carbocycles. The summed E-state index contributed by atoms with van der Waals surface area (Å²) in [7, 11) is 1.47. The molecule has 7 nitrogen and oxygen atoms in total. The Labute approximate surface area is 209 Å². The lowest BCUT2D eigenvalue weighted by Crippen LogP contribution is -2.40. The summed E-state index contributed by atoms with van der Waals surface area (Å²) < 4.78 is 5.21. The number of hydrogen-bond donors (Lipinski definition) is 1. The number of phenolic OH excluding ortho intramolecular Hbond substituents is 1. The average molecular weight is 488 g/mol. The van der Waals surface area contributed by atoms with Crippen molar-refractivity contribution in [2.45, 2.75) is 33.1 Å². The minimum Gasteiger partial charge on any atom is -0.504 e. The van der Waals surface area contributed by atoms with Crippen LogP contribution in [-0.4, -0.2) is 47.0 Å². The van der Waals surface area contributed by atoms with Crippen molar-refractivity contribution in [2.75, 3.05) is 13.7 Å². The van der Waals surface area contributed by atoms with Crippen LogP contribution in [0.1, 0.15) is 38.7 Å². The third-order valence-electron chi connectivity index (χ3n) is 7.84. The summed E-state index contributed by atoms with van der Waals surface area (Å²) in [5.74, 6) is -2.04. The number of methoxy groups -OCH3 is 1. The third kappa shape index (κ3) is 3.65. The van der Waals surface area contributed by atoms with E-state index < -0.39 is 17.8 Å². The topological polar surface area (TPSA) is 101 Å². The molecule has 1 N–H and O–H groups in total. The Morgan fingerprint density at radius 2 is 1.92 bits per heavy atom. The van der Waals surface area contributed by atoms with Crippen LogP contribution >= 0.6 is 0 Å². The highest BCUT2D eigenvalue weighted by molar-refractivity contribution is 6.23. The number of carbonyl (C=O) groups is 4. The Morgan fingerprint density at radius 1 is 1.14 bits per heavy atom. The predicted molar refractivity (Wildman–Crippen MR) is 133 cm³/mol. The highest BCUT2D eigenvalue weighted by Gasteiger charge is 2.55. The number of ketones is 2. The van der Waals surface area contributed by atoms with Gasteiger partial charge in [-0.1, -0.05) is 36.8 Å². The summed E-state index contributed by atoms with van der Waals surface area (Å²) in [6, 6.07) is 4.95. The number of Topliss-reactive ketones (excluding diaryl/α,β-unsaturated/α-hetero) is 1. The summed E-state index contributed by atoms with van der Waals surface area (Å²) in [6.45, 7) is 3.98. The van der Waals surface area contributed by atoms with Gasteiger partial charge >= 0.3 is 0 Å². The molecule has 0 saturated carbocycles. The number of carbonyl (C=O) groups excluding carboxylic acids is 4. The van der Waals surface area contributed by atoms with E-state index in [-0.39, 0.29) is 41.5 Å². The second-order valence-electron chi connectivity index (χ2n) is 9.89. The van der Waals surface area contributed by atoms with Crippen LogP contribution in [0.15, 0.2) is 58.7 Å². The number of aromatic hydroxyl groups is 1. The number of phenols is 1. The maximum Gasteiger partial charge on any atom is 0.233 e. The van der Waals surface area contributed by atoms with Gasteiger partial charge in [0.05, 0.1) is 18.9 Å². The fourth-order valence-electron chi connectivity index (χ4n) is 6.15. The molecule has 4 atom stereocenters. The van der Waals surface area contributed by atoms with Crippen molar-refractivity contribution in [2.24, 2.45) is 23.7 Å². The minimum absolute atomic E-state index is 0.0215. The number of amides is 2. The largest absolute Gasteiger partial charge is 0.504 e. The first-order valence-electron chi connectivity index (χ1n) is 12.4. The number of benzene rings is 1. The molecule has 1 fully saturated rings. The highest BCUT2D eigenvalue weighted by atomic mass is 16.5. The monoisotopic (exact) mass is 487 g/mol. The van der Waals surface area contributed by atoms with Gasteiger partial charge in [0, 0.05) is 29.2 Å². The van der Waals surface area contributed by atoms with E-state index in [0.717, 1.165) is 11.1 Å². The van der Waals surface area contributed by atoms with E-state index in [2.05, 4.69) is 0 Å². The molecule has 4 aliphatic rings. The minimum atomic E-state index is -0.516. The fraction of sp³-hybridized carbons (Fsp3) is 0.379. The van der Waals surface area contributed by atoms with Gasteiger partial charge in [-0.15, -0.1) is 0 Å². The predicted octanol–water partition coefficient (Wildman–Crippen LogP) is 3.79. The van der Waals surface area contributed by atoms with Crippen molar-refractivity contribution in [1.29, 1.82) is 0 Å². The molecule has 2 amide bonds. The first-order valence-corrected chi connectivity index (χ1v) is 12.4. The van der Waals surface area contributed by atoms with Crippen LogP contribution in [0.2, 0.25) is 0 Å². The van der Waals surface area contributed by atoms with Crippen LogP contribution in [0.3, 0.4) is 0 Å². The molecule has 1 saturated heterocycles. The van der Waals surface area contributed by atoms with Gasteiger partial charge in [0.1, 0.15) is 0 Å². The van der Waals surface area contributed by atoms with Crippen molar-refractivity contribution in [1.82, 2.24) is 4.90 Å². The molecule has 0 spiro atoms. The van der Waals surface area contributed by atoms with Crippen LogP contribution in [-0.2, 0) is 19.2 Å². The Kier molecular flexibility index (Phi) is 6.02. The number of ether oxygens (including phenoxy) is 1. The molecule has 0 bridgehead atoms. The fourth-order valence-corrected chi connectivity index (χ4v) is 6.15. The van der Waals surface area contributed by atoms with Crippen molar-refractivity contribution in [3.05, 3.63) is 64.3 Å². The standard InChI is InChI=1S/C29H29NO6/c1-4-11-30-28(34)19-9-8-17-18(7-5-16-6-10-22(31)24(13-16)36-3)25-21(14-20(17)26(19)29(30)35)23(32)12-15(2)27(25)33/h5-8,10,12-13,18-20,26,31H,4,9,11,14H2,1-3H3/t18-,19-,20+,26-/m0/s1. The van der Waals surface area contributed by atoms with Gasteiger partial charge in [-0.2, -0.15) is 0 Å². The number of hydrogen-bond acceptors (Lipinski definition) is 6. The van der Waals surface area contributed by atoms with Crippen LogP contribution in [0.25, 0.3) is 6.08 Å². The SMILES string of the molecule is CCCN1C(=O)[C@H]2[C@H](CC=C3[C@H](C=Cc4ccc(O)c(OC)c4)C4=C(C[C@H]32)C(=O)C=C(C)C4=O)C1=O. The lowest BCUT2D eigenvalue weighted by molar-refractivity contribution is -0.140.